The standard InChI is InChI=1S/C28H34N6O4/c1-6-32-23-15-19(21(29-4)16-24(23)33(7-2)28(32)38)25(35)31-12-10-18(11-13-31)34-26(36)20-14-17(3)8-9-22(20)30(5)27(34)37/h8-9,14-16,18,29H,6-7,10-13H2,1-5H3. The highest BCUT2D eigenvalue weighted by Crippen LogP contribution is 2.28. The number of nitrogens with zero attached hydrogens (tertiary/aromatic N) is 5. The van der Waals surface area contributed by atoms with Gasteiger partial charge in [-0.2, -0.15) is 0 Å². The van der Waals surface area contributed by atoms with Gasteiger partial charge in [0.25, 0.3) is 11.5 Å². The van der Waals surface area contributed by atoms with E-state index in [9.17, 15) is 19.2 Å². The predicted molar refractivity (Wildman–Crippen MR) is 149 cm³/mol. The van der Waals surface area contributed by atoms with Gasteiger partial charge in [0.2, 0.25) is 0 Å². The van der Waals surface area contributed by atoms with Crippen molar-refractivity contribution in [3.05, 3.63) is 72.8 Å². The highest BCUT2D eigenvalue weighted by Gasteiger charge is 2.29. The van der Waals surface area contributed by atoms with E-state index in [-0.39, 0.29) is 28.9 Å². The lowest BCUT2D eigenvalue weighted by Gasteiger charge is -2.33. The van der Waals surface area contributed by atoms with E-state index in [1.54, 1.807) is 34.2 Å². The van der Waals surface area contributed by atoms with Crippen LogP contribution in [-0.4, -0.2) is 49.2 Å². The summed E-state index contributed by atoms with van der Waals surface area (Å²) in [6.45, 7) is 7.66. The number of rotatable bonds is 5. The van der Waals surface area contributed by atoms with Gasteiger partial charge in [0, 0.05) is 52.0 Å². The number of amides is 1. The van der Waals surface area contributed by atoms with Crippen LogP contribution in [0, 0.1) is 6.92 Å². The van der Waals surface area contributed by atoms with Crippen LogP contribution in [0.2, 0.25) is 0 Å². The second kappa shape index (κ2) is 9.66. The molecule has 0 spiro atoms. The zero-order valence-corrected chi connectivity index (χ0v) is 22.6. The first kappa shape index (κ1) is 25.6. The topological polar surface area (TPSA) is 103 Å². The van der Waals surface area contributed by atoms with E-state index in [0.29, 0.717) is 61.2 Å². The molecule has 1 saturated heterocycles. The number of piperidine rings is 1. The minimum atomic E-state index is -0.336. The van der Waals surface area contributed by atoms with Crippen molar-refractivity contribution in [1.29, 1.82) is 0 Å². The molecule has 0 unspecified atom stereocenters. The van der Waals surface area contributed by atoms with Crippen molar-refractivity contribution in [2.45, 2.75) is 52.7 Å². The number of likely N-dealkylation sites (tertiary alicyclic amines) is 1. The number of aryl methyl sites for hydroxylation is 4. The van der Waals surface area contributed by atoms with Gasteiger partial charge in [-0.1, -0.05) is 11.6 Å². The molecule has 200 valence electrons. The van der Waals surface area contributed by atoms with E-state index in [0.717, 1.165) is 16.6 Å². The Hall–Kier alpha value is -4.08. The molecule has 2 aromatic heterocycles. The molecule has 1 N–H and O–H groups in total. The Bertz CT molecular complexity index is 1750. The SMILES string of the molecule is CCn1c(=O)n(CC)c2cc(C(=O)N3CCC(n4c(=O)c5cc(C)ccc5n(C)c4=O)CC3)c(NC)cc21. The Balaban J connectivity index is 1.46. The number of carbonyl (C=O) groups is 1. The van der Waals surface area contributed by atoms with Crippen LogP contribution >= 0.6 is 0 Å². The molecule has 1 aliphatic rings. The number of fused-ring (bicyclic) bond motifs is 2. The Kier molecular flexibility index (Phi) is 6.50. The van der Waals surface area contributed by atoms with Crippen LogP contribution in [-0.2, 0) is 20.1 Å². The van der Waals surface area contributed by atoms with Crippen LogP contribution in [0.25, 0.3) is 21.9 Å². The van der Waals surface area contributed by atoms with Crippen molar-refractivity contribution in [2.75, 3.05) is 25.5 Å². The largest absolute Gasteiger partial charge is 0.387 e. The second-order valence-electron chi connectivity index (χ2n) is 9.97. The molecule has 1 amide bonds. The molecule has 0 atom stereocenters. The Morgan fingerprint density at radius 2 is 1.55 bits per heavy atom. The summed E-state index contributed by atoms with van der Waals surface area (Å²) in [5, 5.41) is 3.65. The number of imidazole rings is 1. The molecule has 0 bridgehead atoms. The smallest absolute Gasteiger partial charge is 0.331 e. The molecule has 5 rings (SSSR count). The van der Waals surface area contributed by atoms with E-state index < -0.39 is 0 Å². The first-order chi connectivity index (χ1) is 18.2. The van der Waals surface area contributed by atoms with Crippen molar-refractivity contribution in [3.63, 3.8) is 0 Å². The molecule has 0 saturated carbocycles. The number of benzene rings is 2. The summed E-state index contributed by atoms with van der Waals surface area (Å²) in [6.07, 6.45) is 1.00. The lowest BCUT2D eigenvalue weighted by Crippen LogP contribution is -2.46. The average Bonchev–Trinajstić information content (AvgIpc) is 3.20. The monoisotopic (exact) mass is 518 g/mol. The normalized spacial score (nSPS) is 14.5. The molecular weight excluding hydrogens is 484 g/mol. The molecule has 3 heterocycles. The van der Waals surface area contributed by atoms with E-state index in [1.807, 2.05) is 45.0 Å². The molecule has 1 fully saturated rings. The number of carbonyl (C=O) groups excluding carboxylic acids is 1. The Morgan fingerprint density at radius 1 is 0.921 bits per heavy atom. The average molecular weight is 519 g/mol. The van der Waals surface area contributed by atoms with Crippen molar-refractivity contribution in [3.8, 4) is 0 Å². The third-order valence-electron chi connectivity index (χ3n) is 7.86. The molecule has 38 heavy (non-hydrogen) atoms. The number of nitrogens with one attached hydrogen (secondary N) is 1. The maximum atomic E-state index is 13.7. The van der Waals surface area contributed by atoms with Crippen LogP contribution in [0.4, 0.5) is 5.69 Å². The predicted octanol–water partition coefficient (Wildman–Crippen LogP) is 2.68. The van der Waals surface area contributed by atoms with Crippen molar-refractivity contribution >= 4 is 33.5 Å². The van der Waals surface area contributed by atoms with Gasteiger partial charge in [-0.3, -0.25) is 27.9 Å². The van der Waals surface area contributed by atoms with E-state index >= 15 is 0 Å². The third-order valence-corrected chi connectivity index (χ3v) is 7.86. The van der Waals surface area contributed by atoms with Crippen LogP contribution in [0.3, 0.4) is 0 Å². The first-order valence-electron chi connectivity index (χ1n) is 13.2. The summed E-state index contributed by atoms with van der Waals surface area (Å²) in [4.78, 5) is 54.8. The van der Waals surface area contributed by atoms with Crippen LogP contribution in [0.5, 0.6) is 0 Å². The second-order valence-corrected chi connectivity index (χ2v) is 9.97. The zero-order chi connectivity index (χ0) is 27.3. The fourth-order valence-corrected chi connectivity index (χ4v) is 5.77. The third kappa shape index (κ3) is 3.86. The summed E-state index contributed by atoms with van der Waals surface area (Å²) in [7, 11) is 3.45. The summed E-state index contributed by atoms with van der Waals surface area (Å²) >= 11 is 0. The van der Waals surface area contributed by atoms with Gasteiger partial charge in [0.15, 0.2) is 0 Å². The molecule has 10 nitrogen and oxygen atoms in total. The fourth-order valence-electron chi connectivity index (χ4n) is 5.77. The summed E-state index contributed by atoms with van der Waals surface area (Å²) in [5.41, 5.74) is 3.56. The minimum Gasteiger partial charge on any atom is -0.387 e. The molecular formula is C28H34N6O4. The molecule has 0 aliphatic carbocycles. The summed E-state index contributed by atoms with van der Waals surface area (Å²) in [5.74, 6) is -0.136. The van der Waals surface area contributed by atoms with Crippen LogP contribution < -0.4 is 22.3 Å². The molecule has 1 aliphatic heterocycles. The Morgan fingerprint density at radius 3 is 2.16 bits per heavy atom. The van der Waals surface area contributed by atoms with Gasteiger partial charge in [-0.15, -0.1) is 0 Å². The van der Waals surface area contributed by atoms with E-state index in [4.69, 9.17) is 0 Å². The van der Waals surface area contributed by atoms with Crippen LogP contribution in [0.1, 0.15) is 48.7 Å². The number of hydrogen-bond donors (Lipinski definition) is 1. The molecule has 10 heteroatoms. The number of anilines is 1. The maximum absolute atomic E-state index is 13.7. The van der Waals surface area contributed by atoms with Gasteiger partial charge < -0.3 is 10.2 Å². The highest BCUT2D eigenvalue weighted by atomic mass is 16.2. The number of aromatic nitrogens is 4. The van der Waals surface area contributed by atoms with Gasteiger partial charge in [0.05, 0.1) is 27.5 Å². The van der Waals surface area contributed by atoms with E-state index in [1.165, 1.54) is 9.13 Å². The quantitative estimate of drug-likeness (QED) is 0.438. The highest BCUT2D eigenvalue weighted by molar-refractivity contribution is 6.03. The van der Waals surface area contributed by atoms with Crippen molar-refractivity contribution in [2.24, 2.45) is 7.05 Å². The maximum Gasteiger partial charge on any atom is 0.331 e. The van der Waals surface area contributed by atoms with E-state index in [2.05, 4.69) is 5.32 Å². The van der Waals surface area contributed by atoms with Gasteiger partial charge in [0.1, 0.15) is 0 Å². The zero-order valence-electron chi connectivity index (χ0n) is 22.6. The molecule has 0 radical (unpaired) electrons. The van der Waals surface area contributed by atoms with Crippen molar-refractivity contribution < 1.29 is 4.79 Å². The molecule has 2 aromatic carbocycles. The van der Waals surface area contributed by atoms with Gasteiger partial charge >= 0.3 is 11.4 Å². The summed E-state index contributed by atoms with van der Waals surface area (Å²) in [6, 6.07) is 8.91. The summed E-state index contributed by atoms with van der Waals surface area (Å²) < 4.78 is 6.29. The Labute approximate surface area is 219 Å². The lowest BCUT2D eigenvalue weighted by molar-refractivity contribution is 0.0692. The minimum absolute atomic E-state index is 0.0879. The van der Waals surface area contributed by atoms with Gasteiger partial charge in [-0.05, 0) is 57.9 Å². The fraction of sp³-hybridized carbons (Fsp3) is 0.429. The first-order valence-corrected chi connectivity index (χ1v) is 13.2. The molecule has 4 aromatic rings. The van der Waals surface area contributed by atoms with Crippen molar-refractivity contribution in [1.82, 2.24) is 23.2 Å². The lowest BCUT2D eigenvalue weighted by atomic mass is 10.0. The van der Waals surface area contributed by atoms with Crippen LogP contribution in [0.15, 0.2) is 44.7 Å². The number of hydrogen-bond acceptors (Lipinski definition) is 5. The van der Waals surface area contributed by atoms with Gasteiger partial charge in [-0.25, -0.2) is 9.59 Å².